The summed E-state index contributed by atoms with van der Waals surface area (Å²) in [6.07, 6.45) is 5.80. The summed E-state index contributed by atoms with van der Waals surface area (Å²) in [6, 6.07) is 2.15. The van der Waals surface area contributed by atoms with Crippen molar-refractivity contribution in [2.75, 3.05) is 49.1 Å². The molecular weight excluding hydrogens is 480 g/mol. The summed E-state index contributed by atoms with van der Waals surface area (Å²) < 4.78 is 7.35. The molecule has 0 radical (unpaired) electrons. The van der Waals surface area contributed by atoms with Gasteiger partial charge < -0.3 is 19.4 Å². The van der Waals surface area contributed by atoms with Crippen LogP contribution < -0.4 is 9.80 Å². The van der Waals surface area contributed by atoms with Gasteiger partial charge in [-0.25, -0.2) is 14.8 Å². The first kappa shape index (κ1) is 25.9. The Morgan fingerprint density at radius 2 is 1.79 bits per heavy atom. The highest BCUT2D eigenvalue weighted by Gasteiger charge is 2.28. The van der Waals surface area contributed by atoms with E-state index in [1.807, 2.05) is 58.7 Å². The van der Waals surface area contributed by atoms with E-state index in [0.29, 0.717) is 32.1 Å². The van der Waals surface area contributed by atoms with Crippen LogP contribution in [0.2, 0.25) is 0 Å². The lowest BCUT2D eigenvalue weighted by Crippen LogP contribution is -2.50. The zero-order valence-corrected chi connectivity index (χ0v) is 23.5. The molecule has 202 valence electrons. The minimum Gasteiger partial charge on any atom is -0.444 e. The smallest absolute Gasteiger partial charge is 0.410 e. The molecule has 10 nitrogen and oxygen atoms in total. The molecule has 1 atom stereocenters. The van der Waals surface area contributed by atoms with Crippen molar-refractivity contribution >= 4 is 34.2 Å². The fourth-order valence-electron chi connectivity index (χ4n) is 5.27. The van der Waals surface area contributed by atoms with Crippen LogP contribution in [0.3, 0.4) is 0 Å². The third-order valence-electron chi connectivity index (χ3n) is 7.17. The van der Waals surface area contributed by atoms with Crippen molar-refractivity contribution in [1.29, 1.82) is 0 Å². The highest BCUT2D eigenvalue weighted by atomic mass is 16.6. The maximum atomic E-state index is 12.4. The number of hydrogen-bond acceptors (Lipinski definition) is 8. The Hall–Kier alpha value is -3.69. The Morgan fingerprint density at radius 3 is 2.45 bits per heavy atom. The average Bonchev–Trinajstić information content (AvgIpc) is 3.23. The second-order valence-corrected chi connectivity index (χ2v) is 11.4. The lowest BCUT2D eigenvalue weighted by molar-refractivity contribution is 0.0240. The number of pyridine rings is 1. The maximum Gasteiger partial charge on any atom is 0.410 e. The van der Waals surface area contributed by atoms with Gasteiger partial charge in [0.05, 0.1) is 34.9 Å². The van der Waals surface area contributed by atoms with Gasteiger partial charge >= 0.3 is 6.09 Å². The van der Waals surface area contributed by atoms with Gasteiger partial charge in [-0.2, -0.15) is 5.10 Å². The molecule has 0 bridgehead atoms. The average molecular weight is 519 g/mol. The Morgan fingerprint density at radius 1 is 1.05 bits per heavy atom. The van der Waals surface area contributed by atoms with E-state index in [-0.39, 0.29) is 6.09 Å². The predicted octanol–water partition coefficient (Wildman–Crippen LogP) is 3.97. The lowest BCUT2D eigenvalue weighted by atomic mass is 9.92. The lowest BCUT2D eigenvalue weighted by Gasteiger charge is -2.36. The number of nitrogens with zero attached hydrogens (tertiary/aromatic N) is 8. The van der Waals surface area contributed by atoms with Crippen LogP contribution in [0.15, 0.2) is 24.5 Å². The van der Waals surface area contributed by atoms with Crippen molar-refractivity contribution in [3.05, 3.63) is 41.6 Å². The Labute approximate surface area is 224 Å². The summed E-state index contributed by atoms with van der Waals surface area (Å²) in [5.74, 6) is 1.15. The number of amides is 1. The van der Waals surface area contributed by atoms with E-state index in [1.165, 1.54) is 11.3 Å². The molecule has 1 fully saturated rings. The number of fused-ring (bicyclic) bond motifs is 1. The van der Waals surface area contributed by atoms with Crippen molar-refractivity contribution in [2.24, 2.45) is 13.0 Å². The Balaban J connectivity index is 1.29. The number of aromatic nitrogens is 5. The van der Waals surface area contributed by atoms with Gasteiger partial charge in [0.1, 0.15) is 11.4 Å². The van der Waals surface area contributed by atoms with Crippen LogP contribution in [-0.4, -0.2) is 80.6 Å². The van der Waals surface area contributed by atoms with Crippen LogP contribution >= 0.6 is 0 Å². The summed E-state index contributed by atoms with van der Waals surface area (Å²) >= 11 is 0. The number of rotatable bonds is 3. The first-order valence-electron chi connectivity index (χ1n) is 13.3. The minimum absolute atomic E-state index is 0.256. The molecular formula is C28H38N8O2. The van der Waals surface area contributed by atoms with Gasteiger partial charge in [0, 0.05) is 57.9 Å². The first-order chi connectivity index (χ1) is 18.0. The van der Waals surface area contributed by atoms with E-state index in [2.05, 4.69) is 38.9 Å². The highest BCUT2D eigenvalue weighted by molar-refractivity contribution is 5.90. The van der Waals surface area contributed by atoms with Crippen molar-refractivity contribution in [2.45, 2.75) is 47.1 Å². The first-order valence-corrected chi connectivity index (χ1v) is 13.3. The summed E-state index contributed by atoms with van der Waals surface area (Å²) in [5, 5.41) is 5.50. The number of carbonyl (C=O) groups is 1. The van der Waals surface area contributed by atoms with Crippen LogP contribution in [0.4, 0.5) is 16.3 Å². The molecule has 5 heterocycles. The van der Waals surface area contributed by atoms with Gasteiger partial charge in [-0.15, -0.1) is 0 Å². The summed E-state index contributed by atoms with van der Waals surface area (Å²) in [7, 11) is 1.93. The number of anilines is 2. The van der Waals surface area contributed by atoms with E-state index >= 15 is 0 Å². The standard InChI is InChI=1S/C28H38N8O2/c1-18-17-36(23-14-19(2)31-26-22(23)15-30-33(26)7)9-8-21(18)25-20(3)32-24(16-29-25)34-10-12-35(13-11-34)27(37)38-28(4,5)6/h8,14-16,18H,9-13,17H2,1-7H3. The van der Waals surface area contributed by atoms with Gasteiger partial charge in [-0.05, 0) is 46.3 Å². The highest BCUT2D eigenvalue weighted by Crippen LogP contribution is 2.34. The number of piperazine rings is 1. The SMILES string of the molecule is Cc1cc(N2CC=C(c3ncc(N4CCN(C(=O)OC(C)(C)C)CC4)nc3C)C(C)C2)c2cnn(C)c2n1. The van der Waals surface area contributed by atoms with Crippen molar-refractivity contribution in [3.63, 3.8) is 0 Å². The molecule has 5 rings (SSSR count). The van der Waals surface area contributed by atoms with Crippen LogP contribution in [0.5, 0.6) is 0 Å². The zero-order chi connectivity index (χ0) is 27.2. The molecule has 1 unspecified atom stereocenters. The third-order valence-corrected chi connectivity index (χ3v) is 7.17. The van der Waals surface area contributed by atoms with E-state index in [9.17, 15) is 4.79 Å². The molecule has 2 aliphatic heterocycles. The van der Waals surface area contributed by atoms with E-state index in [4.69, 9.17) is 14.7 Å². The van der Waals surface area contributed by atoms with E-state index in [1.54, 1.807) is 4.90 Å². The van der Waals surface area contributed by atoms with E-state index < -0.39 is 5.60 Å². The van der Waals surface area contributed by atoms with Crippen molar-refractivity contribution in [3.8, 4) is 0 Å². The fourth-order valence-corrected chi connectivity index (χ4v) is 5.27. The van der Waals surface area contributed by atoms with Crippen molar-refractivity contribution < 1.29 is 9.53 Å². The zero-order valence-electron chi connectivity index (χ0n) is 23.5. The molecule has 1 saturated heterocycles. The van der Waals surface area contributed by atoms with Crippen LogP contribution in [-0.2, 0) is 11.8 Å². The predicted molar refractivity (Wildman–Crippen MR) is 149 cm³/mol. The van der Waals surface area contributed by atoms with Gasteiger partial charge in [0.2, 0.25) is 0 Å². The van der Waals surface area contributed by atoms with Gasteiger partial charge in [0.25, 0.3) is 0 Å². The molecule has 0 aromatic carbocycles. The maximum absolute atomic E-state index is 12.4. The van der Waals surface area contributed by atoms with Gasteiger partial charge in [-0.1, -0.05) is 13.0 Å². The van der Waals surface area contributed by atoms with Gasteiger partial charge in [-0.3, -0.25) is 9.67 Å². The number of hydrogen-bond donors (Lipinski definition) is 0. The second-order valence-electron chi connectivity index (χ2n) is 11.4. The quantitative estimate of drug-likeness (QED) is 0.514. The number of carbonyl (C=O) groups excluding carboxylic acids is 1. The second kappa shape index (κ2) is 9.89. The fraction of sp³-hybridized carbons (Fsp3) is 0.536. The minimum atomic E-state index is -0.489. The normalized spacial score (nSPS) is 18.7. The summed E-state index contributed by atoms with van der Waals surface area (Å²) in [4.78, 5) is 33.2. The molecule has 1 amide bonds. The van der Waals surface area contributed by atoms with E-state index in [0.717, 1.165) is 47.0 Å². The molecule has 0 aliphatic carbocycles. The molecule has 0 saturated carbocycles. The van der Waals surface area contributed by atoms with Crippen LogP contribution in [0.1, 0.15) is 44.8 Å². The number of aryl methyl sites for hydroxylation is 3. The monoisotopic (exact) mass is 518 g/mol. The van der Waals surface area contributed by atoms with Crippen LogP contribution in [0.25, 0.3) is 16.6 Å². The summed E-state index contributed by atoms with van der Waals surface area (Å²) in [6.45, 7) is 16.3. The van der Waals surface area contributed by atoms with Crippen LogP contribution in [0, 0.1) is 19.8 Å². The molecule has 3 aromatic rings. The topological polar surface area (TPSA) is 92.5 Å². The summed E-state index contributed by atoms with van der Waals surface area (Å²) in [5.41, 5.74) is 5.71. The van der Waals surface area contributed by atoms with Crippen molar-refractivity contribution in [1.82, 2.24) is 29.6 Å². The third kappa shape index (κ3) is 5.16. The molecule has 38 heavy (non-hydrogen) atoms. The molecule has 2 aliphatic rings. The molecule has 0 spiro atoms. The molecule has 10 heteroatoms. The largest absolute Gasteiger partial charge is 0.444 e. The molecule has 0 N–H and O–H groups in total. The number of ether oxygens (including phenoxy) is 1. The van der Waals surface area contributed by atoms with Gasteiger partial charge in [0.15, 0.2) is 5.65 Å². The Bertz CT molecular complexity index is 1380. The Kier molecular flexibility index (Phi) is 6.75. The molecule has 3 aromatic heterocycles.